The van der Waals surface area contributed by atoms with Crippen LogP contribution in [-0.2, 0) is 20.6 Å². The van der Waals surface area contributed by atoms with Gasteiger partial charge in [-0.15, -0.1) is 0 Å². The second kappa shape index (κ2) is 10.8. The molecule has 0 amide bonds. The zero-order chi connectivity index (χ0) is 23.5. The van der Waals surface area contributed by atoms with E-state index >= 15 is 0 Å². The summed E-state index contributed by atoms with van der Waals surface area (Å²) in [6, 6.07) is 9.46. The predicted molar refractivity (Wildman–Crippen MR) is 107 cm³/mol. The van der Waals surface area contributed by atoms with Gasteiger partial charge in [0, 0.05) is 6.42 Å². The first-order valence-electron chi connectivity index (χ1n) is 10.6. The lowest BCUT2D eigenvalue weighted by Gasteiger charge is -2.46. The van der Waals surface area contributed by atoms with Crippen molar-refractivity contribution in [1.82, 2.24) is 0 Å². The lowest BCUT2D eigenvalue weighted by molar-refractivity contribution is -0.363. The van der Waals surface area contributed by atoms with Gasteiger partial charge < -0.3 is 55.1 Å². The van der Waals surface area contributed by atoms with E-state index in [1.165, 1.54) is 0 Å². The van der Waals surface area contributed by atoms with Gasteiger partial charge in [-0.05, 0) is 18.4 Å². The quantitative estimate of drug-likeness (QED) is 0.197. The Morgan fingerprint density at radius 2 is 1.50 bits per heavy atom. The van der Waals surface area contributed by atoms with Gasteiger partial charge in [0.1, 0.15) is 48.8 Å². The average molecular weight is 460 g/mol. The fraction of sp³-hybridized carbons (Fsp3) is 0.714. The van der Waals surface area contributed by atoms with Gasteiger partial charge in [-0.2, -0.15) is 0 Å². The Morgan fingerprint density at radius 1 is 0.844 bits per heavy atom. The molecule has 0 bridgehead atoms. The molecule has 2 heterocycles. The number of benzene rings is 1. The van der Waals surface area contributed by atoms with E-state index in [9.17, 15) is 40.9 Å². The van der Waals surface area contributed by atoms with Crippen molar-refractivity contribution in [3.63, 3.8) is 0 Å². The van der Waals surface area contributed by atoms with Crippen molar-refractivity contribution in [2.45, 2.75) is 80.2 Å². The number of hydrogen-bond donors (Lipinski definition) is 8. The zero-order valence-electron chi connectivity index (χ0n) is 17.4. The van der Waals surface area contributed by atoms with Gasteiger partial charge >= 0.3 is 0 Å². The molecule has 0 aromatic heterocycles. The molecule has 11 nitrogen and oxygen atoms in total. The van der Waals surface area contributed by atoms with E-state index in [2.05, 4.69) is 0 Å². The predicted octanol–water partition coefficient (Wildman–Crippen LogP) is -3.00. The summed E-state index contributed by atoms with van der Waals surface area (Å²) in [5, 5.41) is 80.6. The van der Waals surface area contributed by atoms with E-state index in [1.807, 2.05) is 30.3 Å². The van der Waals surface area contributed by atoms with Crippen molar-refractivity contribution in [3.8, 4) is 0 Å². The molecule has 1 aromatic carbocycles. The molecule has 0 spiro atoms. The van der Waals surface area contributed by atoms with Crippen molar-refractivity contribution in [2.75, 3.05) is 13.2 Å². The maximum absolute atomic E-state index is 10.8. The third-order valence-corrected chi connectivity index (χ3v) is 5.99. The standard InChI is InChI=1S/C21H32O11/c22-9-12-14(23)16(25)18(27)20(31-12)30-10-13-15(24)17(26)19(28)21(29,32-13)8-4-7-11-5-2-1-3-6-11/h1-3,5-6,12-20,22-29H,4,7-10H2/t12-,13-,14-,15-,16+,17+,18-,19-,20-,21?/m1/s1. The summed E-state index contributed by atoms with van der Waals surface area (Å²) >= 11 is 0. The normalized spacial score (nSPS) is 42.7. The van der Waals surface area contributed by atoms with Crippen LogP contribution in [-0.4, -0.2) is 115 Å². The minimum absolute atomic E-state index is 0.0383. The summed E-state index contributed by atoms with van der Waals surface area (Å²) in [4.78, 5) is 0. The zero-order valence-corrected chi connectivity index (χ0v) is 17.4. The number of rotatable bonds is 8. The minimum atomic E-state index is -2.16. The maximum Gasteiger partial charge on any atom is 0.195 e. The first-order chi connectivity index (χ1) is 15.2. The van der Waals surface area contributed by atoms with Crippen LogP contribution in [0.5, 0.6) is 0 Å². The minimum Gasteiger partial charge on any atom is -0.394 e. The maximum atomic E-state index is 10.8. The number of hydrogen-bond acceptors (Lipinski definition) is 11. The van der Waals surface area contributed by atoms with E-state index in [0.29, 0.717) is 12.8 Å². The highest BCUT2D eigenvalue weighted by molar-refractivity contribution is 5.14. The van der Waals surface area contributed by atoms with E-state index in [4.69, 9.17) is 14.2 Å². The SMILES string of the molecule is OC[C@H]1O[C@@H](OC[C@H]2OC(O)(CCCc3ccccc3)[C@H](O)[C@@H](O)[C@@H]2O)[C@H](O)[C@@H](O)[C@@H]1O. The summed E-state index contributed by atoms with van der Waals surface area (Å²) in [5.74, 6) is -2.16. The van der Waals surface area contributed by atoms with Crippen LogP contribution in [0.1, 0.15) is 18.4 Å². The van der Waals surface area contributed by atoms with Crippen LogP contribution in [0.3, 0.4) is 0 Å². The molecule has 0 aliphatic carbocycles. The topological polar surface area (TPSA) is 190 Å². The molecule has 2 saturated heterocycles. The Labute approximate surface area is 185 Å². The molecule has 0 saturated carbocycles. The molecule has 1 unspecified atom stereocenters. The lowest BCUT2D eigenvalue weighted by Crippen LogP contribution is -2.66. The van der Waals surface area contributed by atoms with Crippen molar-refractivity contribution in [1.29, 1.82) is 0 Å². The Hall–Kier alpha value is -1.22. The summed E-state index contributed by atoms with van der Waals surface area (Å²) in [6.07, 6.45) is -13.0. The molecule has 8 N–H and O–H groups in total. The molecular weight excluding hydrogens is 428 g/mol. The highest BCUT2D eigenvalue weighted by Gasteiger charge is 2.53. The Bertz CT molecular complexity index is 704. The highest BCUT2D eigenvalue weighted by Crippen LogP contribution is 2.33. The number of aliphatic hydroxyl groups is 8. The number of aryl methyl sites for hydroxylation is 1. The molecule has 2 aliphatic heterocycles. The third kappa shape index (κ3) is 5.46. The third-order valence-electron chi connectivity index (χ3n) is 5.99. The van der Waals surface area contributed by atoms with Crippen molar-refractivity contribution >= 4 is 0 Å². The molecule has 182 valence electrons. The smallest absolute Gasteiger partial charge is 0.195 e. The fourth-order valence-electron chi connectivity index (χ4n) is 4.00. The molecule has 0 radical (unpaired) electrons. The second-order valence-corrected chi connectivity index (χ2v) is 8.30. The van der Waals surface area contributed by atoms with E-state index in [1.54, 1.807) is 0 Å². The molecule has 2 aliphatic rings. The summed E-state index contributed by atoms with van der Waals surface area (Å²) in [6.45, 7) is -1.13. The first kappa shape index (κ1) is 25.4. The first-order valence-corrected chi connectivity index (χ1v) is 10.6. The fourth-order valence-corrected chi connectivity index (χ4v) is 4.00. The number of ether oxygens (including phenoxy) is 3. The lowest BCUT2D eigenvalue weighted by atomic mass is 9.89. The Kier molecular flexibility index (Phi) is 8.58. The summed E-state index contributed by atoms with van der Waals surface area (Å²) in [5.41, 5.74) is 1.02. The second-order valence-electron chi connectivity index (χ2n) is 8.30. The van der Waals surface area contributed by atoms with Crippen LogP contribution < -0.4 is 0 Å². The van der Waals surface area contributed by atoms with Gasteiger partial charge in [0.25, 0.3) is 0 Å². The van der Waals surface area contributed by atoms with E-state index < -0.39 is 74.1 Å². The van der Waals surface area contributed by atoms with Gasteiger partial charge in [0.2, 0.25) is 0 Å². The van der Waals surface area contributed by atoms with Gasteiger partial charge in [-0.3, -0.25) is 0 Å². The van der Waals surface area contributed by atoms with E-state index in [-0.39, 0.29) is 6.42 Å². The Balaban J connectivity index is 1.60. The summed E-state index contributed by atoms with van der Waals surface area (Å²) < 4.78 is 16.1. The van der Waals surface area contributed by atoms with Crippen LogP contribution in [0.15, 0.2) is 30.3 Å². The molecule has 10 atom stereocenters. The van der Waals surface area contributed by atoms with Crippen LogP contribution in [0.2, 0.25) is 0 Å². The monoisotopic (exact) mass is 460 g/mol. The van der Waals surface area contributed by atoms with Gasteiger partial charge in [-0.25, -0.2) is 0 Å². The van der Waals surface area contributed by atoms with Gasteiger partial charge in [0.05, 0.1) is 13.2 Å². The summed E-state index contributed by atoms with van der Waals surface area (Å²) in [7, 11) is 0. The average Bonchev–Trinajstić information content (AvgIpc) is 2.79. The number of aliphatic hydroxyl groups excluding tert-OH is 7. The van der Waals surface area contributed by atoms with Crippen molar-refractivity contribution in [3.05, 3.63) is 35.9 Å². The molecule has 2 fully saturated rings. The molecule has 32 heavy (non-hydrogen) atoms. The van der Waals surface area contributed by atoms with Gasteiger partial charge in [0.15, 0.2) is 12.1 Å². The molecule has 1 aromatic rings. The molecular formula is C21H32O11. The molecule has 11 heteroatoms. The van der Waals surface area contributed by atoms with Crippen LogP contribution in [0, 0.1) is 0 Å². The molecule has 3 rings (SSSR count). The van der Waals surface area contributed by atoms with Crippen LogP contribution in [0.25, 0.3) is 0 Å². The van der Waals surface area contributed by atoms with Crippen molar-refractivity contribution in [2.24, 2.45) is 0 Å². The van der Waals surface area contributed by atoms with E-state index in [0.717, 1.165) is 5.56 Å². The highest BCUT2D eigenvalue weighted by atomic mass is 16.7. The van der Waals surface area contributed by atoms with Crippen LogP contribution >= 0.6 is 0 Å². The van der Waals surface area contributed by atoms with Crippen molar-refractivity contribution < 1.29 is 55.1 Å². The van der Waals surface area contributed by atoms with Crippen LogP contribution in [0.4, 0.5) is 0 Å². The Morgan fingerprint density at radius 3 is 2.16 bits per heavy atom. The van der Waals surface area contributed by atoms with Gasteiger partial charge in [-0.1, -0.05) is 30.3 Å². The largest absolute Gasteiger partial charge is 0.394 e.